The second-order valence-corrected chi connectivity index (χ2v) is 2.96. The summed E-state index contributed by atoms with van der Waals surface area (Å²) in [5, 5.41) is 18.1. The molecule has 4 heteroatoms. The van der Waals surface area contributed by atoms with Crippen LogP contribution in [0.3, 0.4) is 0 Å². The first-order chi connectivity index (χ1) is 5.25. The lowest BCUT2D eigenvalue weighted by Gasteiger charge is -2.21. The molecule has 0 aromatic carbocycles. The summed E-state index contributed by atoms with van der Waals surface area (Å²) < 4.78 is 5.08. The number of hydrogen-bond donors (Lipinski definition) is 3. The number of aliphatic hydroxyl groups is 2. The summed E-state index contributed by atoms with van der Waals surface area (Å²) in [5.74, 6) is 0.108. The third-order valence-electron chi connectivity index (χ3n) is 2.10. The van der Waals surface area contributed by atoms with Gasteiger partial charge >= 0.3 is 0 Å². The first-order valence-electron chi connectivity index (χ1n) is 3.88. The minimum atomic E-state index is -0.623. The number of nitrogens with two attached hydrogens (primary N) is 1. The first-order valence-corrected chi connectivity index (χ1v) is 3.88. The zero-order valence-corrected chi connectivity index (χ0v) is 6.44. The minimum absolute atomic E-state index is 0.108. The predicted molar refractivity (Wildman–Crippen MR) is 40.0 cm³/mol. The maximum atomic E-state index is 9.45. The average molecular weight is 161 g/mol. The molecule has 3 atom stereocenters. The zero-order chi connectivity index (χ0) is 8.27. The molecule has 0 radical (unpaired) electrons. The van der Waals surface area contributed by atoms with E-state index in [1.807, 2.05) is 0 Å². The van der Waals surface area contributed by atoms with Gasteiger partial charge in [0.05, 0.1) is 25.4 Å². The van der Waals surface area contributed by atoms with E-state index in [0.29, 0.717) is 13.2 Å². The van der Waals surface area contributed by atoms with Gasteiger partial charge in [0.15, 0.2) is 0 Å². The Hall–Kier alpha value is -0.160. The van der Waals surface area contributed by atoms with Crippen molar-refractivity contribution in [2.45, 2.75) is 18.6 Å². The van der Waals surface area contributed by atoms with Crippen LogP contribution in [0.1, 0.15) is 6.42 Å². The fraction of sp³-hybridized carbons (Fsp3) is 1.00. The number of aliphatic hydroxyl groups excluding tert-OH is 2. The van der Waals surface area contributed by atoms with Crippen LogP contribution in [0.15, 0.2) is 0 Å². The van der Waals surface area contributed by atoms with Crippen molar-refractivity contribution in [1.29, 1.82) is 0 Å². The molecule has 0 bridgehead atoms. The van der Waals surface area contributed by atoms with Crippen LogP contribution in [0.2, 0.25) is 0 Å². The number of hydrogen-bond acceptors (Lipinski definition) is 4. The molecule has 1 saturated heterocycles. The van der Waals surface area contributed by atoms with Crippen molar-refractivity contribution in [2.24, 2.45) is 11.7 Å². The summed E-state index contributed by atoms with van der Waals surface area (Å²) in [5.41, 5.74) is 5.44. The van der Waals surface area contributed by atoms with Crippen LogP contribution in [0.25, 0.3) is 0 Å². The standard InChI is InChI=1S/C7H15NO3/c8-6(3-9)7(10)5-1-2-11-4-5/h5-7,9-10H,1-4,8H2. The molecule has 0 aromatic rings. The molecule has 11 heavy (non-hydrogen) atoms. The highest BCUT2D eigenvalue weighted by Gasteiger charge is 2.27. The van der Waals surface area contributed by atoms with Gasteiger partial charge in [-0.15, -0.1) is 0 Å². The number of ether oxygens (including phenoxy) is 1. The van der Waals surface area contributed by atoms with Gasteiger partial charge in [-0.25, -0.2) is 0 Å². The summed E-state index contributed by atoms with van der Waals surface area (Å²) in [7, 11) is 0. The van der Waals surface area contributed by atoms with E-state index >= 15 is 0 Å². The average Bonchev–Trinajstić information content (AvgIpc) is 2.53. The highest BCUT2D eigenvalue weighted by atomic mass is 16.5. The van der Waals surface area contributed by atoms with Crippen LogP contribution in [0, 0.1) is 5.92 Å². The van der Waals surface area contributed by atoms with E-state index < -0.39 is 12.1 Å². The van der Waals surface area contributed by atoms with E-state index in [1.165, 1.54) is 0 Å². The molecule has 4 N–H and O–H groups in total. The molecule has 4 nitrogen and oxygen atoms in total. The maximum Gasteiger partial charge on any atom is 0.0764 e. The summed E-state index contributed by atoms with van der Waals surface area (Å²) in [6, 6.07) is -0.526. The van der Waals surface area contributed by atoms with Gasteiger partial charge in [0.25, 0.3) is 0 Å². The molecular formula is C7H15NO3. The van der Waals surface area contributed by atoms with Crippen molar-refractivity contribution in [3.63, 3.8) is 0 Å². The van der Waals surface area contributed by atoms with E-state index in [0.717, 1.165) is 6.42 Å². The summed E-state index contributed by atoms with van der Waals surface area (Å²) in [4.78, 5) is 0. The molecule has 1 rings (SSSR count). The molecule has 0 saturated carbocycles. The Morgan fingerprint density at radius 1 is 1.64 bits per heavy atom. The van der Waals surface area contributed by atoms with Gasteiger partial charge in [0.2, 0.25) is 0 Å². The van der Waals surface area contributed by atoms with Crippen LogP contribution < -0.4 is 5.73 Å². The smallest absolute Gasteiger partial charge is 0.0764 e. The monoisotopic (exact) mass is 161 g/mol. The second-order valence-electron chi connectivity index (χ2n) is 2.96. The van der Waals surface area contributed by atoms with Crippen LogP contribution in [-0.2, 0) is 4.74 Å². The van der Waals surface area contributed by atoms with E-state index in [1.54, 1.807) is 0 Å². The second kappa shape index (κ2) is 4.01. The zero-order valence-electron chi connectivity index (χ0n) is 6.44. The lowest BCUT2D eigenvalue weighted by Crippen LogP contribution is -2.42. The molecule has 0 amide bonds. The summed E-state index contributed by atoms with van der Waals surface area (Å²) in [6.45, 7) is 1.09. The third kappa shape index (κ3) is 2.13. The Bertz CT molecular complexity index is 114. The first kappa shape index (κ1) is 8.93. The van der Waals surface area contributed by atoms with Crippen molar-refractivity contribution in [3.05, 3.63) is 0 Å². The highest BCUT2D eigenvalue weighted by Crippen LogP contribution is 2.17. The lowest BCUT2D eigenvalue weighted by atomic mass is 9.96. The summed E-state index contributed by atoms with van der Waals surface area (Å²) in [6.07, 6.45) is 0.219. The Morgan fingerprint density at radius 2 is 2.36 bits per heavy atom. The normalized spacial score (nSPS) is 30.3. The molecule has 1 aliphatic rings. The maximum absolute atomic E-state index is 9.45. The molecule has 0 aliphatic carbocycles. The fourth-order valence-electron chi connectivity index (χ4n) is 1.28. The van der Waals surface area contributed by atoms with Gasteiger partial charge < -0.3 is 20.7 Å². The molecule has 1 aliphatic heterocycles. The van der Waals surface area contributed by atoms with Crippen molar-refractivity contribution in [3.8, 4) is 0 Å². The van der Waals surface area contributed by atoms with Crippen LogP contribution >= 0.6 is 0 Å². The van der Waals surface area contributed by atoms with Gasteiger partial charge in [-0.05, 0) is 6.42 Å². The Balaban J connectivity index is 2.32. The van der Waals surface area contributed by atoms with E-state index in [-0.39, 0.29) is 12.5 Å². The van der Waals surface area contributed by atoms with Gasteiger partial charge in [0.1, 0.15) is 0 Å². The molecule has 66 valence electrons. The van der Waals surface area contributed by atoms with Crippen molar-refractivity contribution in [2.75, 3.05) is 19.8 Å². The Morgan fingerprint density at radius 3 is 2.82 bits per heavy atom. The highest BCUT2D eigenvalue weighted by molar-refractivity contribution is 4.80. The molecule has 3 unspecified atom stereocenters. The van der Waals surface area contributed by atoms with Crippen LogP contribution in [0.4, 0.5) is 0 Å². The van der Waals surface area contributed by atoms with E-state index in [9.17, 15) is 5.11 Å². The van der Waals surface area contributed by atoms with E-state index in [4.69, 9.17) is 15.6 Å². The van der Waals surface area contributed by atoms with Gasteiger partial charge in [0, 0.05) is 12.5 Å². The molecule has 0 aromatic heterocycles. The molecule has 1 heterocycles. The van der Waals surface area contributed by atoms with Gasteiger partial charge in [-0.2, -0.15) is 0 Å². The van der Waals surface area contributed by atoms with Crippen molar-refractivity contribution < 1.29 is 14.9 Å². The van der Waals surface area contributed by atoms with Crippen LogP contribution in [0.5, 0.6) is 0 Å². The fourth-order valence-corrected chi connectivity index (χ4v) is 1.28. The Labute approximate surface area is 66.0 Å². The topological polar surface area (TPSA) is 75.7 Å². The number of rotatable bonds is 3. The van der Waals surface area contributed by atoms with Crippen molar-refractivity contribution >= 4 is 0 Å². The minimum Gasteiger partial charge on any atom is -0.395 e. The van der Waals surface area contributed by atoms with Gasteiger partial charge in [-0.3, -0.25) is 0 Å². The molecule has 0 spiro atoms. The molecular weight excluding hydrogens is 146 g/mol. The largest absolute Gasteiger partial charge is 0.395 e. The predicted octanol–water partition coefficient (Wildman–Crippen LogP) is -1.30. The lowest BCUT2D eigenvalue weighted by molar-refractivity contribution is 0.0514. The third-order valence-corrected chi connectivity index (χ3v) is 2.10. The summed E-state index contributed by atoms with van der Waals surface area (Å²) >= 11 is 0. The quantitative estimate of drug-likeness (QED) is 0.481. The van der Waals surface area contributed by atoms with Gasteiger partial charge in [-0.1, -0.05) is 0 Å². The SMILES string of the molecule is NC(CO)C(O)C1CCOC1. The van der Waals surface area contributed by atoms with Crippen LogP contribution in [-0.4, -0.2) is 42.2 Å². The Kier molecular flexibility index (Phi) is 3.26. The van der Waals surface area contributed by atoms with Crippen molar-refractivity contribution in [1.82, 2.24) is 0 Å². The molecule has 1 fully saturated rings. The van der Waals surface area contributed by atoms with E-state index in [2.05, 4.69) is 0 Å².